The van der Waals surface area contributed by atoms with Gasteiger partial charge >= 0.3 is 0 Å². The summed E-state index contributed by atoms with van der Waals surface area (Å²) in [6.45, 7) is 2.55. The van der Waals surface area contributed by atoms with E-state index in [0.717, 1.165) is 29.0 Å². The Morgan fingerprint density at radius 3 is 2.12 bits per heavy atom. The molecule has 0 aliphatic rings. The lowest BCUT2D eigenvalue weighted by Crippen LogP contribution is -2.20. The highest BCUT2D eigenvalue weighted by Crippen LogP contribution is 2.23. The van der Waals surface area contributed by atoms with Crippen LogP contribution in [0.1, 0.15) is 30.4 Å². The molecule has 3 rings (SSSR count). The van der Waals surface area contributed by atoms with Crippen LogP contribution >= 0.6 is 0 Å². The topological polar surface area (TPSA) is 38.3 Å². The summed E-state index contributed by atoms with van der Waals surface area (Å²) in [6, 6.07) is 27.4. The molecule has 26 heavy (non-hydrogen) atoms. The predicted octanol–water partition coefficient (Wildman–Crippen LogP) is 5.40. The number of amides is 1. The Morgan fingerprint density at radius 2 is 1.50 bits per heavy atom. The number of nitrogens with one attached hydrogen (secondary N) is 1. The van der Waals surface area contributed by atoms with Crippen LogP contribution in [0.2, 0.25) is 0 Å². The van der Waals surface area contributed by atoms with Crippen LogP contribution in [0.3, 0.4) is 0 Å². The second-order valence-corrected chi connectivity index (χ2v) is 6.16. The van der Waals surface area contributed by atoms with E-state index in [4.69, 9.17) is 4.74 Å². The second-order valence-electron chi connectivity index (χ2n) is 6.16. The molecule has 3 aromatic carbocycles. The number of ether oxygens (including phenoxy) is 1. The lowest BCUT2D eigenvalue weighted by molar-refractivity contribution is -0.117. The SMILES string of the molecule is CC[C@H](C(=O)Nc1ccc(OCc2ccccc2)cc1)c1ccccc1. The zero-order valence-corrected chi connectivity index (χ0v) is 14.9. The van der Waals surface area contributed by atoms with E-state index in [1.807, 2.05) is 91.9 Å². The maximum Gasteiger partial charge on any atom is 0.231 e. The zero-order chi connectivity index (χ0) is 18.2. The molecule has 0 aromatic heterocycles. The summed E-state index contributed by atoms with van der Waals surface area (Å²) in [6.07, 6.45) is 0.758. The molecular weight excluding hydrogens is 322 g/mol. The van der Waals surface area contributed by atoms with E-state index in [1.54, 1.807) is 0 Å². The molecule has 0 aliphatic heterocycles. The average molecular weight is 345 g/mol. The normalized spacial score (nSPS) is 11.6. The van der Waals surface area contributed by atoms with Crippen molar-refractivity contribution in [1.29, 1.82) is 0 Å². The van der Waals surface area contributed by atoms with Crippen molar-refractivity contribution >= 4 is 11.6 Å². The van der Waals surface area contributed by atoms with E-state index in [9.17, 15) is 4.79 Å². The van der Waals surface area contributed by atoms with Crippen LogP contribution in [0.5, 0.6) is 5.75 Å². The molecule has 0 heterocycles. The van der Waals surface area contributed by atoms with Gasteiger partial charge in [-0.1, -0.05) is 67.6 Å². The van der Waals surface area contributed by atoms with Gasteiger partial charge in [-0.05, 0) is 41.8 Å². The summed E-state index contributed by atoms with van der Waals surface area (Å²) < 4.78 is 5.78. The Bertz CT molecular complexity index is 814. The fourth-order valence-corrected chi connectivity index (χ4v) is 2.86. The van der Waals surface area contributed by atoms with Crippen molar-refractivity contribution in [2.45, 2.75) is 25.9 Å². The van der Waals surface area contributed by atoms with Gasteiger partial charge in [0.2, 0.25) is 5.91 Å². The molecule has 0 unspecified atom stereocenters. The smallest absolute Gasteiger partial charge is 0.231 e. The van der Waals surface area contributed by atoms with Gasteiger partial charge in [-0.25, -0.2) is 0 Å². The molecule has 0 fully saturated rings. The molecule has 1 amide bonds. The molecule has 0 spiro atoms. The Labute approximate surface area is 154 Å². The van der Waals surface area contributed by atoms with Crippen molar-refractivity contribution in [3.63, 3.8) is 0 Å². The number of anilines is 1. The van der Waals surface area contributed by atoms with Crippen molar-refractivity contribution < 1.29 is 9.53 Å². The first-order chi connectivity index (χ1) is 12.8. The van der Waals surface area contributed by atoms with Crippen LogP contribution in [0.4, 0.5) is 5.69 Å². The van der Waals surface area contributed by atoms with E-state index in [1.165, 1.54) is 0 Å². The zero-order valence-electron chi connectivity index (χ0n) is 14.9. The van der Waals surface area contributed by atoms with Crippen molar-refractivity contribution in [1.82, 2.24) is 0 Å². The third kappa shape index (κ3) is 4.73. The van der Waals surface area contributed by atoms with Gasteiger partial charge in [0.05, 0.1) is 5.92 Å². The minimum Gasteiger partial charge on any atom is -0.489 e. The number of benzene rings is 3. The molecule has 1 atom stereocenters. The van der Waals surface area contributed by atoms with Crippen LogP contribution in [-0.4, -0.2) is 5.91 Å². The first-order valence-corrected chi connectivity index (χ1v) is 8.89. The summed E-state index contributed by atoms with van der Waals surface area (Å²) in [4.78, 5) is 12.6. The lowest BCUT2D eigenvalue weighted by atomic mass is 9.95. The van der Waals surface area contributed by atoms with E-state index in [-0.39, 0.29) is 11.8 Å². The van der Waals surface area contributed by atoms with Gasteiger partial charge in [0, 0.05) is 5.69 Å². The molecule has 0 saturated heterocycles. The average Bonchev–Trinajstić information content (AvgIpc) is 2.70. The maximum absolute atomic E-state index is 12.6. The summed E-state index contributed by atoms with van der Waals surface area (Å²) in [5, 5.41) is 3.00. The first kappa shape index (κ1) is 17.7. The number of hydrogen-bond acceptors (Lipinski definition) is 2. The molecular formula is C23H23NO2. The third-order valence-corrected chi connectivity index (χ3v) is 4.30. The van der Waals surface area contributed by atoms with Gasteiger partial charge < -0.3 is 10.1 Å². The highest BCUT2D eigenvalue weighted by molar-refractivity contribution is 5.95. The number of rotatable bonds is 7. The highest BCUT2D eigenvalue weighted by Gasteiger charge is 2.18. The van der Waals surface area contributed by atoms with Crippen LogP contribution < -0.4 is 10.1 Å². The Morgan fingerprint density at radius 1 is 0.885 bits per heavy atom. The van der Waals surface area contributed by atoms with Gasteiger partial charge in [0.25, 0.3) is 0 Å². The van der Waals surface area contributed by atoms with Crippen molar-refractivity contribution in [2.24, 2.45) is 0 Å². The highest BCUT2D eigenvalue weighted by atomic mass is 16.5. The fourth-order valence-electron chi connectivity index (χ4n) is 2.86. The lowest BCUT2D eigenvalue weighted by Gasteiger charge is -2.15. The van der Waals surface area contributed by atoms with Crippen LogP contribution in [0.25, 0.3) is 0 Å². The molecule has 1 N–H and O–H groups in total. The molecule has 3 aromatic rings. The van der Waals surface area contributed by atoms with Gasteiger partial charge in [0.15, 0.2) is 0 Å². The van der Waals surface area contributed by atoms with E-state index in [2.05, 4.69) is 5.32 Å². The van der Waals surface area contributed by atoms with E-state index < -0.39 is 0 Å². The molecule has 3 nitrogen and oxygen atoms in total. The molecule has 0 aliphatic carbocycles. The maximum atomic E-state index is 12.6. The summed E-state index contributed by atoms with van der Waals surface area (Å²) in [7, 11) is 0. The van der Waals surface area contributed by atoms with E-state index >= 15 is 0 Å². The summed E-state index contributed by atoms with van der Waals surface area (Å²) >= 11 is 0. The van der Waals surface area contributed by atoms with Crippen molar-refractivity contribution in [2.75, 3.05) is 5.32 Å². The molecule has 0 bridgehead atoms. The number of carbonyl (C=O) groups excluding carboxylic acids is 1. The largest absolute Gasteiger partial charge is 0.489 e. The van der Waals surface area contributed by atoms with Crippen molar-refractivity contribution in [3.8, 4) is 5.75 Å². The van der Waals surface area contributed by atoms with Gasteiger partial charge in [-0.15, -0.1) is 0 Å². The summed E-state index contributed by atoms with van der Waals surface area (Å²) in [5.41, 5.74) is 2.94. The molecule has 0 radical (unpaired) electrons. The minimum atomic E-state index is -0.148. The molecule has 0 saturated carbocycles. The Kier molecular flexibility index (Phi) is 6.05. The van der Waals surface area contributed by atoms with Gasteiger partial charge in [-0.2, -0.15) is 0 Å². The predicted molar refractivity (Wildman–Crippen MR) is 105 cm³/mol. The van der Waals surface area contributed by atoms with Crippen LogP contribution in [0, 0.1) is 0 Å². The van der Waals surface area contributed by atoms with Crippen LogP contribution in [0.15, 0.2) is 84.9 Å². The van der Waals surface area contributed by atoms with Crippen LogP contribution in [-0.2, 0) is 11.4 Å². The summed E-state index contributed by atoms with van der Waals surface area (Å²) in [5.74, 6) is 0.642. The number of carbonyl (C=O) groups is 1. The standard InChI is InChI=1S/C23H23NO2/c1-2-22(19-11-7-4-8-12-19)23(25)24-20-13-15-21(16-14-20)26-17-18-9-5-3-6-10-18/h3-16,22H,2,17H2,1H3,(H,24,25)/t22-/m0/s1. The molecule has 3 heteroatoms. The van der Waals surface area contributed by atoms with Crippen molar-refractivity contribution in [3.05, 3.63) is 96.1 Å². The quantitative estimate of drug-likeness (QED) is 0.623. The molecule has 132 valence electrons. The monoisotopic (exact) mass is 345 g/mol. The minimum absolute atomic E-state index is 0.0108. The van der Waals surface area contributed by atoms with E-state index in [0.29, 0.717) is 6.61 Å². The first-order valence-electron chi connectivity index (χ1n) is 8.89. The number of hydrogen-bond donors (Lipinski definition) is 1. The third-order valence-electron chi connectivity index (χ3n) is 4.30. The van der Waals surface area contributed by atoms with Gasteiger partial charge in [-0.3, -0.25) is 4.79 Å². The fraction of sp³-hybridized carbons (Fsp3) is 0.174. The Hall–Kier alpha value is -3.07. The van der Waals surface area contributed by atoms with Gasteiger partial charge in [0.1, 0.15) is 12.4 Å². The Balaban J connectivity index is 1.59. The second kappa shape index (κ2) is 8.86.